The molecule has 98 valence electrons. The van der Waals surface area contributed by atoms with Crippen LogP contribution < -0.4 is 0 Å². The number of nitrogens with zero attached hydrogens (tertiary/aromatic N) is 4. The summed E-state index contributed by atoms with van der Waals surface area (Å²) in [6, 6.07) is 8.32. The number of hydrogen-bond donors (Lipinski definition) is 0. The number of para-hydroxylation sites is 2. The maximum Gasteiger partial charge on any atom is 0.110 e. The van der Waals surface area contributed by atoms with E-state index in [1.165, 1.54) is 11.1 Å². The van der Waals surface area contributed by atoms with Crippen molar-refractivity contribution in [1.82, 2.24) is 19.3 Å². The molecule has 3 rings (SSSR count). The van der Waals surface area contributed by atoms with Crippen molar-refractivity contribution < 1.29 is 0 Å². The molecule has 2 aromatic heterocycles. The summed E-state index contributed by atoms with van der Waals surface area (Å²) >= 11 is 0. The maximum atomic E-state index is 4.74. The van der Waals surface area contributed by atoms with Gasteiger partial charge in [0.05, 0.1) is 23.8 Å². The summed E-state index contributed by atoms with van der Waals surface area (Å²) in [5.41, 5.74) is 3.49. The highest BCUT2D eigenvalue weighted by molar-refractivity contribution is 5.76. The van der Waals surface area contributed by atoms with Gasteiger partial charge in [-0.25, -0.2) is 4.98 Å². The van der Waals surface area contributed by atoms with E-state index >= 15 is 0 Å². The number of aromatic nitrogens is 4. The van der Waals surface area contributed by atoms with E-state index in [2.05, 4.69) is 41.0 Å². The molecule has 0 aliphatic heterocycles. The van der Waals surface area contributed by atoms with Crippen LogP contribution >= 0.6 is 0 Å². The number of imidazole rings is 1. The van der Waals surface area contributed by atoms with E-state index in [0.717, 1.165) is 30.7 Å². The molecule has 0 saturated carbocycles. The Morgan fingerprint density at radius 3 is 2.79 bits per heavy atom. The number of hydrogen-bond acceptors (Lipinski definition) is 2. The molecule has 0 aliphatic carbocycles. The van der Waals surface area contributed by atoms with Crippen LogP contribution in [0, 0.1) is 0 Å². The van der Waals surface area contributed by atoms with E-state index in [0.29, 0.717) is 0 Å². The van der Waals surface area contributed by atoms with Gasteiger partial charge in [0.2, 0.25) is 0 Å². The average molecular weight is 254 g/mol. The molecule has 0 unspecified atom stereocenters. The van der Waals surface area contributed by atoms with E-state index in [9.17, 15) is 0 Å². The van der Waals surface area contributed by atoms with E-state index in [1.54, 1.807) is 0 Å². The zero-order valence-corrected chi connectivity index (χ0v) is 11.4. The fourth-order valence-electron chi connectivity index (χ4n) is 2.45. The second-order valence-electron chi connectivity index (χ2n) is 4.88. The quantitative estimate of drug-likeness (QED) is 0.717. The Hall–Kier alpha value is -2.10. The molecular formula is C15H18N4. The highest BCUT2D eigenvalue weighted by Crippen LogP contribution is 2.18. The molecule has 0 spiro atoms. The molecule has 4 heteroatoms. The Kier molecular flexibility index (Phi) is 3.07. The Balaban J connectivity index is 2.06. The molecule has 0 fully saturated rings. The second kappa shape index (κ2) is 4.88. The SMILES string of the molecule is CCCc1nc2ccccc2n1Cc1cnn(C)c1. The van der Waals surface area contributed by atoms with Crippen molar-refractivity contribution >= 4 is 11.0 Å². The standard InChI is InChI=1S/C15H18N4/c1-3-6-15-17-13-7-4-5-8-14(13)19(15)11-12-9-16-18(2)10-12/h4-5,7-10H,3,6,11H2,1-2H3. The largest absolute Gasteiger partial charge is 0.323 e. The predicted octanol–water partition coefficient (Wildman–Crippen LogP) is 2.77. The summed E-state index contributed by atoms with van der Waals surface area (Å²) in [6.45, 7) is 3.03. The number of fused-ring (bicyclic) bond motifs is 1. The molecule has 0 saturated heterocycles. The van der Waals surface area contributed by atoms with Crippen molar-refractivity contribution in [2.75, 3.05) is 0 Å². The van der Waals surface area contributed by atoms with Crippen LogP contribution in [0.4, 0.5) is 0 Å². The molecule has 4 nitrogen and oxygen atoms in total. The van der Waals surface area contributed by atoms with E-state index in [4.69, 9.17) is 4.98 Å². The smallest absolute Gasteiger partial charge is 0.110 e. The van der Waals surface area contributed by atoms with E-state index in [1.807, 2.05) is 24.0 Å². The molecule has 0 atom stereocenters. The molecule has 3 aromatic rings. The van der Waals surface area contributed by atoms with E-state index in [-0.39, 0.29) is 0 Å². The van der Waals surface area contributed by atoms with Crippen LogP contribution in [-0.4, -0.2) is 19.3 Å². The minimum Gasteiger partial charge on any atom is -0.323 e. The third-order valence-electron chi connectivity index (χ3n) is 3.31. The second-order valence-corrected chi connectivity index (χ2v) is 4.88. The zero-order chi connectivity index (χ0) is 13.2. The molecule has 19 heavy (non-hydrogen) atoms. The van der Waals surface area contributed by atoms with Crippen molar-refractivity contribution in [2.24, 2.45) is 7.05 Å². The normalized spacial score (nSPS) is 11.3. The molecule has 0 N–H and O–H groups in total. The monoisotopic (exact) mass is 254 g/mol. The summed E-state index contributed by atoms with van der Waals surface area (Å²) in [6.07, 6.45) is 6.10. The summed E-state index contributed by atoms with van der Waals surface area (Å²) in [5.74, 6) is 1.16. The van der Waals surface area contributed by atoms with Crippen molar-refractivity contribution in [3.8, 4) is 0 Å². The van der Waals surface area contributed by atoms with Crippen LogP contribution in [0.15, 0.2) is 36.7 Å². The highest BCUT2D eigenvalue weighted by atomic mass is 15.2. The van der Waals surface area contributed by atoms with Crippen molar-refractivity contribution in [1.29, 1.82) is 0 Å². The van der Waals surface area contributed by atoms with Gasteiger partial charge in [-0.1, -0.05) is 19.1 Å². The van der Waals surface area contributed by atoms with Crippen LogP contribution in [0.2, 0.25) is 0 Å². The maximum absolute atomic E-state index is 4.74. The van der Waals surface area contributed by atoms with Crippen molar-refractivity contribution in [3.63, 3.8) is 0 Å². The Labute approximate surface area is 112 Å². The van der Waals surface area contributed by atoms with Crippen LogP contribution in [0.25, 0.3) is 11.0 Å². The van der Waals surface area contributed by atoms with Gasteiger partial charge in [0, 0.05) is 25.2 Å². The Bertz CT molecular complexity index is 693. The lowest BCUT2D eigenvalue weighted by Crippen LogP contribution is -2.04. The van der Waals surface area contributed by atoms with Gasteiger partial charge in [-0.05, 0) is 18.6 Å². The highest BCUT2D eigenvalue weighted by Gasteiger charge is 2.10. The van der Waals surface area contributed by atoms with Crippen LogP contribution in [-0.2, 0) is 20.0 Å². The number of rotatable bonds is 4. The molecule has 2 heterocycles. The molecule has 0 aliphatic rings. The van der Waals surface area contributed by atoms with Gasteiger partial charge in [-0.15, -0.1) is 0 Å². The zero-order valence-electron chi connectivity index (χ0n) is 11.4. The minimum absolute atomic E-state index is 0.837. The summed E-state index contributed by atoms with van der Waals surface area (Å²) in [4.78, 5) is 4.74. The van der Waals surface area contributed by atoms with Crippen molar-refractivity contribution in [2.45, 2.75) is 26.3 Å². The Morgan fingerprint density at radius 2 is 2.05 bits per heavy atom. The van der Waals surface area contributed by atoms with Gasteiger partial charge in [-0.2, -0.15) is 5.10 Å². The lowest BCUT2D eigenvalue weighted by Gasteiger charge is -2.06. The summed E-state index contributed by atoms with van der Waals surface area (Å²) in [5, 5.41) is 4.24. The first-order chi connectivity index (χ1) is 9.28. The summed E-state index contributed by atoms with van der Waals surface area (Å²) < 4.78 is 4.14. The third-order valence-corrected chi connectivity index (χ3v) is 3.31. The molecule has 1 aromatic carbocycles. The minimum atomic E-state index is 0.837. The van der Waals surface area contributed by atoms with Gasteiger partial charge in [0.1, 0.15) is 5.82 Å². The first-order valence-corrected chi connectivity index (χ1v) is 6.69. The third kappa shape index (κ3) is 2.26. The topological polar surface area (TPSA) is 35.6 Å². The molecule has 0 bridgehead atoms. The van der Waals surface area contributed by atoms with Gasteiger partial charge < -0.3 is 4.57 Å². The van der Waals surface area contributed by atoms with Crippen LogP contribution in [0.5, 0.6) is 0 Å². The molecule has 0 amide bonds. The van der Waals surface area contributed by atoms with E-state index < -0.39 is 0 Å². The van der Waals surface area contributed by atoms with Crippen LogP contribution in [0.1, 0.15) is 24.7 Å². The lowest BCUT2D eigenvalue weighted by atomic mass is 10.3. The fraction of sp³-hybridized carbons (Fsp3) is 0.333. The van der Waals surface area contributed by atoms with Gasteiger partial charge in [-0.3, -0.25) is 4.68 Å². The van der Waals surface area contributed by atoms with Gasteiger partial charge in [0.15, 0.2) is 0 Å². The first-order valence-electron chi connectivity index (χ1n) is 6.69. The molecule has 0 radical (unpaired) electrons. The van der Waals surface area contributed by atoms with Crippen molar-refractivity contribution in [3.05, 3.63) is 48.0 Å². The lowest BCUT2D eigenvalue weighted by molar-refractivity contribution is 0.719. The van der Waals surface area contributed by atoms with Gasteiger partial charge in [0.25, 0.3) is 0 Å². The predicted molar refractivity (Wildman–Crippen MR) is 76.0 cm³/mol. The van der Waals surface area contributed by atoms with Crippen LogP contribution in [0.3, 0.4) is 0 Å². The van der Waals surface area contributed by atoms with Gasteiger partial charge >= 0.3 is 0 Å². The number of benzene rings is 1. The Morgan fingerprint density at radius 1 is 1.21 bits per heavy atom. The number of aryl methyl sites for hydroxylation is 2. The fourth-order valence-corrected chi connectivity index (χ4v) is 2.45. The first kappa shape index (κ1) is 12.0. The summed E-state index contributed by atoms with van der Waals surface area (Å²) in [7, 11) is 1.95. The molecular weight excluding hydrogens is 236 g/mol. The average Bonchev–Trinajstić information content (AvgIpc) is 2.96.